The maximum Gasteiger partial charge on any atom is 0.224 e. The quantitative estimate of drug-likeness (QED) is 0.101. The number of hydrogen-bond acceptors (Lipinski definition) is 2. The zero-order valence-electron chi connectivity index (χ0n) is 26.5. The van der Waals surface area contributed by atoms with Gasteiger partial charge in [-0.2, -0.15) is 0 Å². The van der Waals surface area contributed by atoms with E-state index < -0.39 is 0 Å². The van der Waals surface area contributed by atoms with Crippen LogP contribution in [0.25, 0.3) is 0 Å². The fourth-order valence-corrected chi connectivity index (χ4v) is 5.37. The lowest BCUT2D eigenvalue weighted by Crippen LogP contribution is -2.13. The van der Waals surface area contributed by atoms with Gasteiger partial charge in [-0.1, -0.05) is 161 Å². The summed E-state index contributed by atoms with van der Waals surface area (Å²) in [6.07, 6.45) is 32.2. The Morgan fingerprint density at radius 3 is 1.02 bits per heavy atom. The smallest absolute Gasteiger partial charge is 0.224 e. The molecular weight excluding hydrogens is 492 g/mol. The molecule has 40 heavy (non-hydrogen) atoms. The van der Waals surface area contributed by atoms with Crippen molar-refractivity contribution < 1.29 is 9.59 Å². The van der Waals surface area contributed by atoms with Crippen molar-refractivity contribution in [1.29, 1.82) is 0 Å². The number of hydrogen-bond donors (Lipinski definition) is 2. The van der Waals surface area contributed by atoms with Crippen LogP contribution in [0.4, 0.5) is 11.4 Å². The van der Waals surface area contributed by atoms with Crippen LogP contribution in [0.1, 0.15) is 181 Å². The molecule has 4 nitrogen and oxygen atoms in total. The SMILES string of the molecule is CCCCCCCCCCCCCCC(=O)Nc1cccc(NC(=O)CCCCCCCCCCCCCC)c1. The predicted molar refractivity (Wildman–Crippen MR) is 175 cm³/mol. The van der Waals surface area contributed by atoms with Gasteiger partial charge in [-0.05, 0) is 31.0 Å². The van der Waals surface area contributed by atoms with Crippen LogP contribution in [-0.2, 0) is 9.59 Å². The third-order valence-corrected chi connectivity index (χ3v) is 7.94. The Bertz CT molecular complexity index is 676. The summed E-state index contributed by atoms with van der Waals surface area (Å²) in [5.74, 6) is 0.124. The van der Waals surface area contributed by atoms with Crippen molar-refractivity contribution in [3.63, 3.8) is 0 Å². The van der Waals surface area contributed by atoms with Gasteiger partial charge < -0.3 is 10.6 Å². The van der Waals surface area contributed by atoms with E-state index in [4.69, 9.17) is 0 Å². The second kappa shape index (κ2) is 27.3. The van der Waals surface area contributed by atoms with Crippen LogP contribution in [-0.4, -0.2) is 11.8 Å². The maximum absolute atomic E-state index is 12.4. The molecule has 4 heteroatoms. The van der Waals surface area contributed by atoms with Crippen molar-refractivity contribution in [2.24, 2.45) is 0 Å². The summed E-state index contributed by atoms with van der Waals surface area (Å²) in [7, 11) is 0. The number of unbranched alkanes of at least 4 members (excludes halogenated alkanes) is 22. The zero-order valence-corrected chi connectivity index (χ0v) is 26.5. The second-order valence-corrected chi connectivity index (χ2v) is 12.0. The van der Waals surface area contributed by atoms with Gasteiger partial charge >= 0.3 is 0 Å². The van der Waals surface area contributed by atoms with Crippen LogP contribution in [0.15, 0.2) is 24.3 Å². The Morgan fingerprint density at radius 1 is 0.450 bits per heavy atom. The van der Waals surface area contributed by atoms with Crippen molar-refractivity contribution in [2.75, 3.05) is 10.6 Å². The number of nitrogens with one attached hydrogen (secondary N) is 2. The summed E-state index contributed by atoms with van der Waals surface area (Å²) in [6.45, 7) is 4.54. The van der Waals surface area contributed by atoms with E-state index in [2.05, 4.69) is 24.5 Å². The van der Waals surface area contributed by atoms with Crippen LogP contribution < -0.4 is 10.6 Å². The zero-order chi connectivity index (χ0) is 28.9. The molecule has 2 N–H and O–H groups in total. The van der Waals surface area contributed by atoms with Crippen LogP contribution in [0, 0.1) is 0 Å². The summed E-state index contributed by atoms with van der Waals surface area (Å²) in [6, 6.07) is 7.53. The Hall–Kier alpha value is -1.84. The molecule has 0 radical (unpaired) electrons. The largest absolute Gasteiger partial charge is 0.326 e. The van der Waals surface area contributed by atoms with Crippen molar-refractivity contribution >= 4 is 23.2 Å². The Labute approximate surface area is 248 Å². The molecule has 0 fully saturated rings. The van der Waals surface area contributed by atoms with E-state index in [1.807, 2.05) is 24.3 Å². The highest BCUT2D eigenvalue weighted by atomic mass is 16.2. The van der Waals surface area contributed by atoms with Gasteiger partial charge in [0.05, 0.1) is 0 Å². The highest BCUT2D eigenvalue weighted by Gasteiger charge is 2.06. The van der Waals surface area contributed by atoms with Gasteiger partial charge in [0.15, 0.2) is 0 Å². The van der Waals surface area contributed by atoms with Crippen LogP contribution in [0.5, 0.6) is 0 Å². The summed E-state index contributed by atoms with van der Waals surface area (Å²) < 4.78 is 0. The number of anilines is 2. The van der Waals surface area contributed by atoms with Crippen molar-refractivity contribution in [2.45, 2.75) is 181 Å². The lowest BCUT2D eigenvalue weighted by molar-refractivity contribution is -0.117. The second-order valence-electron chi connectivity index (χ2n) is 12.0. The molecule has 230 valence electrons. The highest BCUT2D eigenvalue weighted by molar-refractivity contribution is 5.94. The standard InChI is InChI=1S/C36H64N2O2/c1-3-5-7-9-11-13-15-17-19-21-23-25-30-35(39)37-33-28-27-29-34(32-33)38-36(40)31-26-24-22-20-18-16-14-12-10-8-6-4-2/h27-29,32H,3-26,30-31H2,1-2H3,(H,37,39)(H,38,40). The molecule has 0 aromatic heterocycles. The van der Waals surface area contributed by atoms with E-state index in [9.17, 15) is 9.59 Å². The molecule has 0 aliphatic heterocycles. The lowest BCUT2D eigenvalue weighted by atomic mass is 10.0. The molecule has 0 heterocycles. The summed E-state index contributed by atoms with van der Waals surface area (Å²) in [4.78, 5) is 24.7. The monoisotopic (exact) mass is 556 g/mol. The predicted octanol–water partition coefficient (Wildman–Crippen LogP) is 11.7. The fraction of sp³-hybridized carbons (Fsp3) is 0.778. The fourth-order valence-electron chi connectivity index (χ4n) is 5.37. The van der Waals surface area contributed by atoms with Crippen molar-refractivity contribution in [3.8, 4) is 0 Å². The molecule has 0 aliphatic rings. The minimum absolute atomic E-state index is 0.0621. The van der Waals surface area contributed by atoms with Gasteiger partial charge in [-0.15, -0.1) is 0 Å². The topological polar surface area (TPSA) is 58.2 Å². The minimum Gasteiger partial charge on any atom is -0.326 e. The van der Waals surface area contributed by atoms with Crippen LogP contribution in [0.3, 0.4) is 0 Å². The van der Waals surface area contributed by atoms with Gasteiger partial charge in [0, 0.05) is 24.2 Å². The van der Waals surface area contributed by atoms with Gasteiger partial charge in [0.25, 0.3) is 0 Å². The first kappa shape index (κ1) is 36.2. The van der Waals surface area contributed by atoms with Crippen LogP contribution in [0.2, 0.25) is 0 Å². The first-order chi connectivity index (χ1) is 19.7. The maximum atomic E-state index is 12.4. The lowest BCUT2D eigenvalue weighted by Gasteiger charge is -2.09. The summed E-state index contributed by atoms with van der Waals surface area (Å²) >= 11 is 0. The first-order valence-electron chi connectivity index (χ1n) is 17.4. The van der Waals surface area contributed by atoms with E-state index in [1.54, 1.807) is 0 Å². The van der Waals surface area contributed by atoms with Crippen LogP contribution >= 0.6 is 0 Å². The normalized spacial score (nSPS) is 11.1. The summed E-state index contributed by atoms with van der Waals surface area (Å²) in [5, 5.41) is 6.00. The third kappa shape index (κ3) is 22.9. The molecule has 1 rings (SSSR count). The van der Waals surface area contributed by atoms with Gasteiger partial charge in [0.1, 0.15) is 0 Å². The average Bonchev–Trinajstić information content (AvgIpc) is 2.94. The number of benzene rings is 1. The summed E-state index contributed by atoms with van der Waals surface area (Å²) in [5.41, 5.74) is 1.51. The van der Waals surface area contributed by atoms with Crippen molar-refractivity contribution in [1.82, 2.24) is 0 Å². The van der Waals surface area contributed by atoms with Gasteiger partial charge in [0.2, 0.25) is 11.8 Å². The molecule has 0 bridgehead atoms. The van der Waals surface area contributed by atoms with E-state index >= 15 is 0 Å². The van der Waals surface area contributed by atoms with Crippen molar-refractivity contribution in [3.05, 3.63) is 24.3 Å². The molecular formula is C36H64N2O2. The number of amides is 2. The first-order valence-corrected chi connectivity index (χ1v) is 17.4. The Morgan fingerprint density at radius 2 is 0.725 bits per heavy atom. The average molecular weight is 557 g/mol. The molecule has 0 unspecified atom stereocenters. The molecule has 0 saturated carbocycles. The van der Waals surface area contributed by atoms with E-state index in [1.165, 1.54) is 128 Å². The van der Waals surface area contributed by atoms with E-state index in [-0.39, 0.29) is 11.8 Å². The molecule has 1 aromatic carbocycles. The molecule has 0 atom stereocenters. The molecule has 0 spiro atoms. The van der Waals surface area contributed by atoms with E-state index in [0.717, 1.165) is 37.1 Å². The minimum atomic E-state index is 0.0621. The third-order valence-electron chi connectivity index (χ3n) is 7.94. The molecule has 2 amide bonds. The molecule has 0 saturated heterocycles. The molecule has 1 aromatic rings. The Balaban J connectivity index is 2.03. The number of rotatable bonds is 28. The Kier molecular flexibility index (Phi) is 24.7. The highest BCUT2D eigenvalue weighted by Crippen LogP contribution is 2.18. The molecule has 0 aliphatic carbocycles. The van der Waals surface area contributed by atoms with Gasteiger partial charge in [-0.25, -0.2) is 0 Å². The number of carbonyl (C=O) groups excluding carboxylic acids is 2. The number of carbonyl (C=O) groups is 2. The van der Waals surface area contributed by atoms with E-state index in [0.29, 0.717) is 12.8 Å². The van der Waals surface area contributed by atoms with Gasteiger partial charge in [-0.3, -0.25) is 9.59 Å².